The Kier molecular flexibility index (Phi) is 5.16. The number of nitrogens with zero attached hydrogens (tertiary/aromatic N) is 3. The van der Waals surface area contributed by atoms with Crippen molar-refractivity contribution < 1.29 is 4.79 Å². The van der Waals surface area contributed by atoms with Gasteiger partial charge in [0.1, 0.15) is 0 Å². The molecule has 4 rings (SSSR count). The van der Waals surface area contributed by atoms with Gasteiger partial charge in [0, 0.05) is 41.8 Å². The predicted molar refractivity (Wildman–Crippen MR) is 108 cm³/mol. The van der Waals surface area contributed by atoms with Crippen LogP contribution in [-0.4, -0.2) is 46.8 Å². The van der Waals surface area contributed by atoms with Crippen molar-refractivity contribution in [3.63, 3.8) is 0 Å². The largest absolute Gasteiger partial charge is 0.335 e. The van der Waals surface area contributed by atoms with Crippen LogP contribution in [-0.2, 0) is 0 Å². The highest BCUT2D eigenvalue weighted by Crippen LogP contribution is 2.26. The number of carbonyl (C=O) groups is 1. The number of benzene rings is 2. The molecule has 7 heteroatoms. The molecule has 1 fully saturated rings. The van der Waals surface area contributed by atoms with Crippen molar-refractivity contribution >= 4 is 29.1 Å². The highest BCUT2D eigenvalue weighted by molar-refractivity contribution is 6.30. The van der Waals surface area contributed by atoms with E-state index >= 15 is 0 Å². The van der Waals surface area contributed by atoms with Gasteiger partial charge in [-0.3, -0.25) is 4.79 Å². The van der Waals surface area contributed by atoms with Crippen molar-refractivity contribution in [1.82, 2.24) is 20.0 Å². The standard InChI is InChI=1S/C20H18Cl2N4O/c21-15-3-1-14(2-4-15)19-13-18(20(27)25-11-9-23-10-12-25)24-26(19)17-7-5-16(22)6-8-17/h1-8,13,23H,9-12H2. The smallest absolute Gasteiger partial charge is 0.274 e. The van der Waals surface area contributed by atoms with Crippen LogP contribution in [0.25, 0.3) is 16.9 Å². The Bertz CT molecular complexity index is 882. The first-order valence-corrected chi connectivity index (χ1v) is 9.49. The number of amides is 1. The summed E-state index contributed by atoms with van der Waals surface area (Å²) in [5.41, 5.74) is 3.02. The number of piperazine rings is 1. The number of rotatable bonds is 3. The molecule has 0 unspecified atom stereocenters. The number of hydrogen-bond acceptors (Lipinski definition) is 3. The maximum atomic E-state index is 12.9. The van der Waals surface area contributed by atoms with Crippen LogP contribution < -0.4 is 5.32 Å². The molecule has 27 heavy (non-hydrogen) atoms. The second-order valence-electron chi connectivity index (χ2n) is 6.35. The van der Waals surface area contributed by atoms with E-state index in [0.29, 0.717) is 28.8 Å². The summed E-state index contributed by atoms with van der Waals surface area (Å²) >= 11 is 12.0. The molecule has 1 aromatic heterocycles. The van der Waals surface area contributed by atoms with Crippen LogP contribution in [0.5, 0.6) is 0 Å². The Balaban J connectivity index is 1.77. The molecule has 0 bridgehead atoms. The van der Waals surface area contributed by atoms with Crippen LogP contribution in [0.3, 0.4) is 0 Å². The molecular formula is C20H18Cl2N4O. The van der Waals surface area contributed by atoms with E-state index in [-0.39, 0.29) is 5.91 Å². The van der Waals surface area contributed by atoms with Gasteiger partial charge < -0.3 is 10.2 Å². The first kappa shape index (κ1) is 18.0. The van der Waals surface area contributed by atoms with E-state index in [2.05, 4.69) is 10.4 Å². The fourth-order valence-electron chi connectivity index (χ4n) is 3.12. The van der Waals surface area contributed by atoms with Crippen molar-refractivity contribution in [2.24, 2.45) is 0 Å². The molecule has 0 aliphatic carbocycles. The van der Waals surface area contributed by atoms with Crippen molar-refractivity contribution in [3.05, 3.63) is 70.3 Å². The summed E-state index contributed by atoms with van der Waals surface area (Å²) in [4.78, 5) is 14.7. The number of nitrogens with one attached hydrogen (secondary N) is 1. The van der Waals surface area contributed by atoms with Crippen molar-refractivity contribution in [1.29, 1.82) is 0 Å². The lowest BCUT2D eigenvalue weighted by molar-refractivity contribution is 0.0729. The lowest BCUT2D eigenvalue weighted by atomic mass is 10.1. The first-order chi connectivity index (χ1) is 13.1. The van der Waals surface area contributed by atoms with E-state index in [1.165, 1.54) is 0 Å². The zero-order valence-electron chi connectivity index (χ0n) is 14.5. The maximum Gasteiger partial charge on any atom is 0.274 e. The van der Waals surface area contributed by atoms with Crippen molar-refractivity contribution in [2.75, 3.05) is 26.2 Å². The molecule has 138 valence electrons. The molecule has 1 aliphatic heterocycles. The molecule has 2 heterocycles. The molecule has 1 N–H and O–H groups in total. The summed E-state index contributed by atoms with van der Waals surface area (Å²) < 4.78 is 1.77. The molecule has 0 radical (unpaired) electrons. The van der Waals surface area contributed by atoms with Crippen LogP contribution in [0.2, 0.25) is 10.0 Å². The van der Waals surface area contributed by atoms with E-state index in [1.807, 2.05) is 59.5 Å². The second-order valence-corrected chi connectivity index (χ2v) is 7.23. The maximum absolute atomic E-state index is 12.9. The van der Waals surface area contributed by atoms with Crippen LogP contribution in [0.15, 0.2) is 54.6 Å². The van der Waals surface area contributed by atoms with Gasteiger partial charge in [-0.2, -0.15) is 5.10 Å². The van der Waals surface area contributed by atoms with Crippen LogP contribution in [0.4, 0.5) is 0 Å². The molecule has 1 amide bonds. The predicted octanol–water partition coefficient (Wildman–Crippen LogP) is 3.89. The first-order valence-electron chi connectivity index (χ1n) is 8.74. The second kappa shape index (κ2) is 7.72. The zero-order chi connectivity index (χ0) is 18.8. The minimum atomic E-state index is -0.0561. The monoisotopic (exact) mass is 400 g/mol. The van der Waals surface area contributed by atoms with Gasteiger partial charge in [-0.15, -0.1) is 0 Å². The summed E-state index contributed by atoms with van der Waals surface area (Å²) in [6, 6.07) is 16.7. The highest BCUT2D eigenvalue weighted by Gasteiger charge is 2.23. The molecule has 3 aromatic rings. The Morgan fingerprint density at radius 2 is 1.52 bits per heavy atom. The third-order valence-corrected chi connectivity index (χ3v) is 5.05. The van der Waals surface area contributed by atoms with E-state index in [9.17, 15) is 4.79 Å². The summed E-state index contributed by atoms with van der Waals surface area (Å²) in [6.45, 7) is 2.97. The van der Waals surface area contributed by atoms with Crippen molar-refractivity contribution in [3.8, 4) is 16.9 Å². The lowest BCUT2D eigenvalue weighted by Gasteiger charge is -2.26. The molecule has 1 aliphatic rings. The molecule has 0 spiro atoms. The zero-order valence-corrected chi connectivity index (χ0v) is 16.0. The number of aromatic nitrogens is 2. The Hall–Kier alpha value is -2.34. The van der Waals surface area contributed by atoms with Gasteiger partial charge in [0.2, 0.25) is 0 Å². The normalized spacial score (nSPS) is 14.4. The molecule has 5 nitrogen and oxygen atoms in total. The van der Waals surface area contributed by atoms with Crippen LogP contribution in [0, 0.1) is 0 Å². The number of hydrogen-bond donors (Lipinski definition) is 1. The van der Waals surface area contributed by atoms with E-state index in [1.54, 1.807) is 4.68 Å². The van der Waals surface area contributed by atoms with Crippen molar-refractivity contribution in [2.45, 2.75) is 0 Å². The summed E-state index contributed by atoms with van der Waals surface area (Å²) in [5.74, 6) is -0.0561. The quantitative estimate of drug-likeness (QED) is 0.725. The minimum absolute atomic E-state index is 0.0561. The Labute approximate surface area is 167 Å². The molecule has 1 saturated heterocycles. The summed E-state index contributed by atoms with van der Waals surface area (Å²) in [5, 5.41) is 9.18. The fourth-order valence-corrected chi connectivity index (χ4v) is 3.37. The van der Waals surface area contributed by atoms with Crippen LogP contribution >= 0.6 is 23.2 Å². The Morgan fingerprint density at radius 1 is 0.926 bits per heavy atom. The van der Waals surface area contributed by atoms with Gasteiger partial charge in [0.25, 0.3) is 5.91 Å². The molecule has 0 atom stereocenters. The Morgan fingerprint density at radius 3 is 2.15 bits per heavy atom. The van der Waals surface area contributed by atoms with E-state index in [4.69, 9.17) is 23.2 Å². The number of carbonyl (C=O) groups excluding carboxylic acids is 1. The third-order valence-electron chi connectivity index (χ3n) is 4.54. The van der Waals surface area contributed by atoms with E-state index < -0.39 is 0 Å². The van der Waals surface area contributed by atoms with Gasteiger partial charge in [-0.25, -0.2) is 4.68 Å². The van der Waals surface area contributed by atoms with E-state index in [0.717, 1.165) is 30.0 Å². The average Bonchev–Trinajstić information content (AvgIpc) is 3.14. The SMILES string of the molecule is O=C(c1cc(-c2ccc(Cl)cc2)n(-c2ccc(Cl)cc2)n1)N1CCNCC1. The highest BCUT2D eigenvalue weighted by atomic mass is 35.5. The van der Waals surface area contributed by atoms with Gasteiger partial charge in [-0.1, -0.05) is 35.3 Å². The van der Waals surface area contributed by atoms with Gasteiger partial charge in [0.05, 0.1) is 11.4 Å². The van der Waals surface area contributed by atoms with Crippen LogP contribution in [0.1, 0.15) is 10.5 Å². The van der Waals surface area contributed by atoms with Gasteiger partial charge in [0.15, 0.2) is 5.69 Å². The molecular weight excluding hydrogens is 383 g/mol. The summed E-state index contributed by atoms with van der Waals surface area (Å²) in [7, 11) is 0. The molecule has 0 saturated carbocycles. The fraction of sp³-hybridized carbons (Fsp3) is 0.200. The summed E-state index contributed by atoms with van der Waals surface area (Å²) in [6.07, 6.45) is 0. The molecule has 2 aromatic carbocycles. The van der Waals surface area contributed by atoms with Gasteiger partial charge >= 0.3 is 0 Å². The average molecular weight is 401 g/mol. The lowest BCUT2D eigenvalue weighted by Crippen LogP contribution is -2.46. The number of halogens is 2. The van der Waals surface area contributed by atoms with Gasteiger partial charge in [-0.05, 0) is 42.5 Å². The third kappa shape index (κ3) is 3.86. The topological polar surface area (TPSA) is 50.2 Å². The minimum Gasteiger partial charge on any atom is -0.335 e.